The molecule has 0 atom stereocenters. The van der Waals surface area contributed by atoms with E-state index in [4.69, 9.17) is 0 Å². The van der Waals surface area contributed by atoms with Crippen molar-refractivity contribution < 1.29 is 13.2 Å². The van der Waals surface area contributed by atoms with Crippen LogP contribution in [-0.2, 0) is 26.8 Å². The predicted octanol–water partition coefficient (Wildman–Crippen LogP) is 3.38. The van der Waals surface area contributed by atoms with E-state index in [0.717, 1.165) is 21.4 Å². The lowest BCUT2D eigenvalue weighted by Gasteiger charge is -2.19. The number of carbonyl (C=O) groups excluding carboxylic acids is 1. The molecular formula is C21H25BrN4O3S. The number of nitrogens with one attached hydrogen (secondary N) is 2. The molecule has 0 aliphatic heterocycles. The minimum atomic E-state index is -3.66. The molecule has 0 aliphatic rings. The average molecular weight is 493 g/mol. The first-order valence-electron chi connectivity index (χ1n) is 9.55. The first-order valence-corrected chi connectivity index (χ1v) is 11.8. The third-order valence-corrected chi connectivity index (χ3v) is 6.55. The number of hydrogen-bond acceptors (Lipinski definition) is 4. The largest absolute Gasteiger partial charge is 0.350 e. The lowest BCUT2D eigenvalue weighted by molar-refractivity contribution is -0.121. The SMILES string of the molecule is CC(C)(C)c1ccc(S(=O)(=O)NCCC(=O)NCc2cn3cc(Br)ccc3n2)cc1. The van der Waals surface area contributed by atoms with Crippen molar-refractivity contribution >= 4 is 37.5 Å². The van der Waals surface area contributed by atoms with Gasteiger partial charge in [-0.15, -0.1) is 0 Å². The Morgan fingerprint density at radius 2 is 1.80 bits per heavy atom. The summed E-state index contributed by atoms with van der Waals surface area (Å²) >= 11 is 3.40. The van der Waals surface area contributed by atoms with E-state index < -0.39 is 10.0 Å². The maximum Gasteiger partial charge on any atom is 0.240 e. The molecule has 2 heterocycles. The second-order valence-corrected chi connectivity index (χ2v) is 10.7. The topological polar surface area (TPSA) is 92.6 Å². The Morgan fingerprint density at radius 1 is 1.10 bits per heavy atom. The second kappa shape index (κ2) is 8.87. The highest BCUT2D eigenvalue weighted by Gasteiger charge is 2.17. The van der Waals surface area contributed by atoms with Gasteiger partial charge in [-0.05, 0) is 51.2 Å². The Hall–Kier alpha value is -2.23. The highest BCUT2D eigenvalue weighted by atomic mass is 79.9. The van der Waals surface area contributed by atoms with Crippen molar-refractivity contribution in [3.05, 3.63) is 64.5 Å². The zero-order chi connectivity index (χ0) is 21.9. The first kappa shape index (κ1) is 22.5. The van der Waals surface area contributed by atoms with Gasteiger partial charge in [-0.2, -0.15) is 0 Å². The van der Waals surface area contributed by atoms with E-state index in [1.165, 1.54) is 0 Å². The molecule has 2 N–H and O–H groups in total. The fourth-order valence-electron chi connectivity index (χ4n) is 2.90. The number of aromatic nitrogens is 2. The summed E-state index contributed by atoms with van der Waals surface area (Å²) in [6.07, 6.45) is 3.76. The number of amides is 1. The Morgan fingerprint density at radius 3 is 2.47 bits per heavy atom. The van der Waals surface area contributed by atoms with Crippen molar-refractivity contribution in [2.75, 3.05) is 6.54 Å². The number of pyridine rings is 1. The lowest BCUT2D eigenvalue weighted by atomic mass is 9.87. The van der Waals surface area contributed by atoms with Gasteiger partial charge in [-0.25, -0.2) is 18.1 Å². The summed E-state index contributed by atoms with van der Waals surface area (Å²) in [6, 6.07) is 10.6. The number of carbonyl (C=O) groups is 1. The van der Waals surface area contributed by atoms with Gasteiger partial charge in [0.1, 0.15) is 5.65 Å². The summed E-state index contributed by atoms with van der Waals surface area (Å²) in [6.45, 7) is 6.50. The molecular weight excluding hydrogens is 468 g/mol. The third-order valence-electron chi connectivity index (χ3n) is 4.61. The Bertz CT molecular complexity index is 1150. The standard InChI is InChI=1S/C21H25BrN4O3S/c1-21(2,3)15-4-7-18(8-5-15)30(28,29)24-11-10-20(27)23-12-17-14-26-13-16(22)6-9-19(26)25-17/h4-9,13-14,24H,10-12H2,1-3H3,(H,23,27). The molecule has 3 rings (SSSR count). The lowest BCUT2D eigenvalue weighted by Crippen LogP contribution is -2.30. The molecule has 0 bridgehead atoms. The van der Waals surface area contributed by atoms with Crippen LogP contribution in [-0.4, -0.2) is 30.3 Å². The number of imidazole rings is 1. The van der Waals surface area contributed by atoms with Crippen molar-refractivity contribution in [1.82, 2.24) is 19.4 Å². The molecule has 30 heavy (non-hydrogen) atoms. The maximum atomic E-state index is 12.4. The van der Waals surface area contributed by atoms with Crippen molar-refractivity contribution in [3.8, 4) is 0 Å². The third kappa shape index (κ3) is 5.68. The van der Waals surface area contributed by atoms with E-state index in [1.54, 1.807) is 12.1 Å². The van der Waals surface area contributed by atoms with E-state index in [0.29, 0.717) is 0 Å². The number of rotatable bonds is 7. The molecule has 0 spiro atoms. The first-order chi connectivity index (χ1) is 14.0. The van der Waals surface area contributed by atoms with Crippen molar-refractivity contribution in [3.63, 3.8) is 0 Å². The second-order valence-electron chi connectivity index (χ2n) is 8.04. The Labute approximate surface area is 185 Å². The summed E-state index contributed by atoms with van der Waals surface area (Å²) in [5.41, 5.74) is 2.51. The van der Waals surface area contributed by atoms with Crippen molar-refractivity contribution in [1.29, 1.82) is 0 Å². The van der Waals surface area contributed by atoms with Crippen LogP contribution in [0.1, 0.15) is 38.4 Å². The summed E-state index contributed by atoms with van der Waals surface area (Å²) < 4.78 is 30.1. The molecule has 0 fully saturated rings. The molecule has 1 aromatic carbocycles. The summed E-state index contributed by atoms with van der Waals surface area (Å²) in [5.74, 6) is -0.251. The zero-order valence-corrected chi connectivity index (χ0v) is 19.5. The van der Waals surface area contributed by atoms with Crippen molar-refractivity contribution in [2.45, 2.75) is 44.0 Å². The van der Waals surface area contributed by atoms with Crippen LogP contribution in [0.3, 0.4) is 0 Å². The molecule has 3 aromatic rings. The van der Waals surface area contributed by atoms with Gasteiger partial charge >= 0.3 is 0 Å². The predicted molar refractivity (Wildman–Crippen MR) is 120 cm³/mol. The van der Waals surface area contributed by atoms with Gasteiger partial charge in [0.05, 0.1) is 17.1 Å². The zero-order valence-electron chi connectivity index (χ0n) is 17.1. The van der Waals surface area contributed by atoms with Crippen LogP contribution in [0.4, 0.5) is 0 Å². The van der Waals surface area contributed by atoms with Crippen LogP contribution in [0.25, 0.3) is 5.65 Å². The Balaban J connectivity index is 1.49. The van der Waals surface area contributed by atoms with Gasteiger partial charge in [0.25, 0.3) is 0 Å². The molecule has 0 aliphatic carbocycles. The van der Waals surface area contributed by atoms with E-state index >= 15 is 0 Å². The quantitative estimate of drug-likeness (QED) is 0.528. The number of nitrogens with zero attached hydrogens (tertiary/aromatic N) is 2. The van der Waals surface area contributed by atoms with Gasteiger partial charge in [0, 0.05) is 29.8 Å². The van der Waals surface area contributed by atoms with Gasteiger partial charge in [0.2, 0.25) is 15.9 Å². The molecule has 7 nitrogen and oxygen atoms in total. The molecule has 1 amide bonds. The van der Waals surface area contributed by atoms with E-state index in [-0.39, 0.29) is 35.7 Å². The van der Waals surface area contributed by atoms with E-state index in [9.17, 15) is 13.2 Å². The van der Waals surface area contributed by atoms with E-state index in [1.807, 2.05) is 41.1 Å². The van der Waals surface area contributed by atoms with Crippen LogP contribution < -0.4 is 10.0 Å². The van der Waals surface area contributed by atoms with Crippen LogP contribution in [0.5, 0.6) is 0 Å². The molecule has 0 saturated heterocycles. The number of hydrogen-bond donors (Lipinski definition) is 2. The van der Waals surface area contributed by atoms with Gasteiger partial charge in [-0.1, -0.05) is 32.9 Å². The van der Waals surface area contributed by atoms with Gasteiger partial charge in [0.15, 0.2) is 0 Å². The molecule has 0 radical (unpaired) electrons. The average Bonchev–Trinajstić information content (AvgIpc) is 3.07. The van der Waals surface area contributed by atoms with Gasteiger partial charge < -0.3 is 9.72 Å². The monoisotopic (exact) mass is 492 g/mol. The summed E-state index contributed by atoms with van der Waals surface area (Å²) in [7, 11) is -3.66. The molecule has 160 valence electrons. The highest BCUT2D eigenvalue weighted by molar-refractivity contribution is 9.10. The summed E-state index contributed by atoms with van der Waals surface area (Å²) in [4.78, 5) is 16.7. The molecule has 0 unspecified atom stereocenters. The van der Waals surface area contributed by atoms with Crippen LogP contribution in [0.2, 0.25) is 0 Å². The van der Waals surface area contributed by atoms with Crippen LogP contribution in [0, 0.1) is 0 Å². The number of benzene rings is 1. The molecule has 2 aromatic heterocycles. The van der Waals surface area contributed by atoms with Crippen LogP contribution in [0.15, 0.2) is 58.2 Å². The van der Waals surface area contributed by atoms with Crippen LogP contribution >= 0.6 is 15.9 Å². The summed E-state index contributed by atoms with van der Waals surface area (Å²) in [5, 5.41) is 2.76. The van der Waals surface area contributed by atoms with Gasteiger partial charge in [-0.3, -0.25) is 4.79 Å². The molecule has 0 saturated carbocycles. The highest BCUT2D eigenvalue weighted by Crippen LogP contribution is 2.23. The molecule has 9 heteroatoms. The maximum absolute atomic E-state index is 12.4. The fraction of sp³-hybridized carbons (Fsp3) is 0.333. The Kier molecular flexibility index (Phi) is 6.64. The smallest absolute Gasteiger partial charge is 0.240 e. The normalized spacial score (nSPS) is 12.3. The van der Waals surface area contributed by atoms with E-state index in [2.05, 4.69) is 51.7 Å². The van der Waals surface area contributed by atoms with Crippen molar-refractivity contribution in [2.24, 2.45) is 0 Å². The number of fused-ring (bicyclic) bond motifs is 1. The fourth-order valence-corrected chi connectivity index (χ4v) is 4.28. The minimum absolute atomic E-state index is 0.0211. The number of sulfonamides is 1. The minimum Gasteiger partial charge on any atom is -0.350 e. The number of halogens is 1.